The van der Waals surface area contributed by atoms with Crippen LogP contribution in [0.1, 0.15) is 25.7 Å². The van der Waals surface area contributed by atoms with Crippen molar-refractivity contribution in [1.82, 2.24) is 9.55 Å². The Kier molecular flexibility index (Phi) is 7.35. The van der Waals surface area contributed by atoms with Gasteiger partial charge in [-0.15, -0.1) is 0 Å². The molecule has 0 saturated heterocycles. The lowest BCUT2D eigenvalue weighted by Gasteiger charge is -2.09. The van der Waals surface area contributed by atoms with Crippen LogP contribution >= 0.6 is 12.2 Å². The highest BCUT2D eigenvalue weighted by Gasteiger charge is 2.04. The fourth-order valence-corrected chi connectivity index (χ4v) is 2.73. The van der Waals surface area contributed by atoms with Crippen LogP contribution in [0.3, 0.4) is 0 Å². The molecule has 0 aliphatic carbocycles. The number of carbonyl (C=O) groups excluding carboxylic acids is 1. The number of nitrogens with one attached hydrogen (secondary N) is 1. The zero-order valence-corrected chi connectivity index (χ0v) is 14.9. The minimum Gasteiger partial charge on any atom is -0.463 e. The Labute approximate surface area is 152 Å². The van der Waals surface area contributed by atoms with Crippen LogP contribution in [0.15, 0.2) is 54.0 Å². The number of ether oxygens (including phenoxy) is 1. The molecule has 0 unspecified atom stereocenters. The van der Waals surface area contributed by atoms with Crippen molar-refractivity contribution in [2.75, 3.05) is 6.61 Å². The van der Waals surface area contributed by atoms with Crippen molar-refractivity contribution in [2.24, 2.45) is 0 Å². The van der Waals surface area contributed by atoms with Crippen LogP contribution in [-0.4, -0.2) is 22.1 Å². The van der Waals surface area contributed by atoms with E-state index in [1.165, 1.54) is 0 Å². The Bertz CT molecular complexity index is 825. The number of rotatable bonds is 9. The second kappa shape index (κ2) is 9.74. The van der Waals surface area contributed by atoms with Gasteiger partial charge in [-0.25, -0.2) is 9.59 Å². The highest BCUT2D eigenvalue weighted by molar-refractivity contribution is 7.71. The third-order valence-corrected chi connectivity index (χ3v) is 4.12. The monoisotopic (exact) mass is 358 g/mol. The lowest BCUT2D eigenvalue weighted by molar-refractivity contribution is -0.137. The van der Waals surface area contributed by atoms with Gasteiger partial charge in [0.05, 0.1) is 6.61 Å². The molecule has 132 valence electrons. The van der Waals surface area contributed by atoms with E-state index >= 15 is 0 Å². The smallest absolute Gasteiger partial charge is 0.330 e. The Morgan fingerprint density at radius 3 is 2.64 bits per heavy atom. The standard InChI is InChI=1S/C19H22N2O3S/c1-2-17(22)24-13-9-4-3-8-12-21-14-16(18(25)20-19(21)23)15-10-6-5-7-11-15/h2,5-7,10-11,14H,1,3-4,8-9,12-13H2,(H,20,23,25). The van der Waals surface area contributed by atoms with Gasteiger partial charge in [-0.2, -0.15) is 0 Å². The maximum absolute atomic E-state index is 12.1. The molecule has 0 aliphatic heterocycles. The number of aromatic amines is 1. The summed E-state index contributed by atoms with van der Waals surface area (Å²) in [5, 5.41) is 0. The number of aromatic nitrogens is 2. The molecule has 2 rings (SSSR count). The van der Waals surface area contributed by atoms with E-state index in [-0.39, 0.29) is 11.7 Å². The number of unbranched alkanes of at least 4 members (excludes halogenated alkanes) is 3. The molecule has 6 heteroatoms. The van der Waals surface area contributed by atoms with E-state index in [1.54, 1.807) is 4.57 Å². The van der Waals surface area contributed by atoms with E-state index in [0.717, 1.165) is 42.9 Å². The fraction of sp³-hybridized carbons (Fsp3) is 0.316. The molecule has 0 aliphatic rings. The summed E-state index contributed by atoms with van der Waals surface area (Å²) in [5.41, 5.74) is 1.65. The van der Waals surface area contributed by atoms with Crippen molar-refractivity contribution in [3.05, 3.63) is 64.3 Å². The van der Waals surface area contributed by atoms with Crippen LogP contribution in [0.5, 0.6) is 0 Å². The first-order chi connectivity index (χ1) is 12.1. The maximum Gasteiger partial charge on any atom is 0.330 e. The lowest BCUT2D eigenvalue weighted by Crippen LogP contribution is -2.23. The van der Waals surface area contributed by atoms with Crippen LogP contribution in [0.4, 0.5) is 0 Å². The summed E-state index contributed by atoms with van der Waals surface area (Å²) < 4.78 is 7.04. The van der Waals surface area contributed by atoms with E-state index in [2.05, 4.69) is 11.6 Å². The van der Waals surface area contributed by atoms with E-state index in [4.69, 9.17) is 17.0 Å². The minimum atomic E-state index is -0.389. The molecule has 2 aromatic rings. The van der Waals surface area contributed by atoms with Crippen molar-refractivity contribution < 1.29 is 9.53 Å². The molecule has 0 saturated carbocycles. The Morgan fingerprint density at radius 1 is 1.20 bits per heavy atom. The minimum absolute atomic E-state index is 0.190. The lowest BCUT2D eigenvalue weighted by atomic mass is 10.1. The highest BCUT2D eigenvalue weighted by atomic mass is 32.1. The molecule has 5 nitrogen and oxygen atoms in total. The molecule has 0 spiro atoms. The molecule has 1 aromatic carbocycles. The summed E-state index contributed by atoms with van der Waals surface area (Å²) in [7, 11) is 0. The van der Waals surface area contributed by atoms with Crippen LogP contribution in [0.2, 0.25) is 0 Å². The largest absolute Gasteiger partial charge is 0.463 e. The van der Waals surface area contributed by atoms with Gasteiger partial charge in [0, 0.05) is 24.4 Å². The van der Waals surface area contributed by atoms with Gasteiger partial charge in [0.15, 0.2) is 0 Å². The van der Waals surface area contributed by atoms with Crippen molar-refractivity contribution >= 4 is 18.2 Å². The van der Waals surface area contributed by atoms with E-state index in [0.29, 0.717) is 17.8 Å². The van der Waals surface area contributed by atoms with Gasteiger partial charge >= 0.3 is 11.7 Å². The Morgan fingerprint density at radius 2 is 1.92 bits per heavy atom. The molecular weight excluding hydrogens is 336 g/mol. The van der Waals surface area contributed by atoms with Crippen LogP contribution < -0.4 is 5.69 Å². The zero-order chi connectivity index (χ0) is 18.1. The molecular formula is C19H22N2O3S. The Hall–Kier alpha value is -2.47. The maximum atomic E-state index is 12.1. The SMILES string of the molecule is C=CC(=O)OCCCCCCn1cc(-c2ccccc2)c(=S)[nH]c1=O. The third-order valence-electron chi connectivity index (χ3n) is 3.80. The second-order valence-electron chi connectivity index (χ2n) is 5.65. The van der Waals surface area contributed by atoms with Gasteiger partial charge in [0.1, 0.15) is 4.64 Å². The van der Waals surface area contributed by atoms with Gasteiger partial charge in [-0.3, -0.25) is 4.98 Å². The molecule has 0 radical (unpaired) electrons. The van der Waals surface area contributed by atoms with Gasteiger partial charge in [0.25, 0.3) is 0 Å². The zero-order valence-electron chi connectivity index (χ0n) is 14.1. The van der Waals surface area contributed by atoms with Gasteiger partial charge in [-0.05, 0) is 24.8 Å². The van der Waals surface area contributed by atoms with E-state index < -0.39 is 0 Å². The molecule has 1 aromatic heterocycles. The van der Waals surface area contributed by atoms with E-state index in [1.807, 2.05) is 36.5 Å². The molecule has 0 bridgehead atoms. The van der Waals surface area contributed by atoms with Crippen molar-refractivity contribution in [2.45, 2.75) is 32.2 Å². The third kappa shape index (κ3) is 5.83. The summed E-state index contributed by atoms with van der Waals surface area (Å²) in [4.78, 5) is 25.7. The summed E-state index contributed by atoms with van der Waals surface area (Å²) in [6.45, 7) is 4.37. The first-order valence-electron chi connectivity index (χ1n) is 8.30. The Balaban J connectivity index is 1.88. The molecule has 0 amide bonds. The highest BCUT2D eigenvalue weighted by Crippen LogP contribution is 2.18. The number of hydrogen-bond donors (Lipinski definition) is 1. The van der Waals surface area contributed by atoms with Crippen molar-refractivity contribution in [3.8, 4) is 11.1 Å². The molecule has 0 fully saturated rings. The topological polar surface area (TPSA) is 64.1 Å². The number of esters is 1. The number of benzene rings is 1. The molecule has 0 atom stereocenters. The first kappa shape index (κ1) is 18.9. The summed E-state index contributed by atoms with van der Waals surface area (Å²) in [6.07, 6.45) is 6.55. The summed E-state index contributed by atoms with van der Waals surface area (Å²) >= 11 is 5.28. The average Bonchev–Trinajstić information content (AvgIpc) is 2.62. The number of hydrogen-bond acceptors (Lipinski definition) is 4. The quantitative estimate of drug-likeness (QED) is 0.320. The second-order valence-corrected chi connectivity index (χ2v) is 6.06. The normalized spacial score (nSPS) is 10.4. The van der Waals surface area contributed by atoms with E-state index in [9.17, 15) is 9.59 Å². The molecule has 1 N–H and O–H groups in total. The van der Waals surface area contributed by atoms with Crippen LogP contribution in [0.25, 0.3) is 11.1 Å². The number of H-pyrrole nitrogens is 1. The van der Waals surface area contributed by atoms with Crippen LogP contribution in [-0.2, 0) is 16.1 Å². The fourth-order valence-electron chi connectivity index (χ4n) is 2.47. The first-order valence-corrected chi connectivity index (χ1v) is 8.71. The average molecular weight is 358 g/mol. The number of carbonyl (C=O) groups is 1. The predicted molar refractivity (Wildman–Crippen MR) is 101 cm³/mol. The van der Waals surface area contributed by atoms with Gasteiger partial charge < -0.3 is 9.30 Å². The van der Waals surface area contributed by atoms with Gasteiger partial charge in [0.2, 0.25) is 0 Å². The van der Waals surface area contributed by atoms with Gasteiger partial charge in [-0.1, -0.05) is 55.5 Å². The van der Waals surface area contributed by atoms with Crippen LogP contribution in [0, 0.1) is 4.64 Å². The number of aryl methyl sites for hydroxylation is 1. The molecule has 25 heavy (non-hydrogen) atoms. The van der Waals surface area contributed by atoms with Crippen molar-refractivity contribution in [1.29, 1.82) is 0 Å². The number of nitrogens with zero attached hydrogens (tertiary/aromatic N) is 1. The molecule has 1 heterocycles. The predicted octanol–water partition coefficient (Wildman–Crippen LogP) is 3.86. The summed E-state index contributed by atoms with van der Waals surface area (Å²) in [5.74, 6) is -0.389. The summed E-state index contributed by atoms with van der Waals surface area (Å²) in [6, 6.07) is 9.77. The van der Waals surface area contributed by atoms with Crippen molar-refractivity contribution in [3.63, 3.8) is 0 Å².